The van der Waals surface area contributed by atoms with E-state index in [1.54, 1.807) is 48.5 Å². The highest BCUT2D eigenvalue weighted by atomic mass is 19.2. The van der Waals surface area contributed by atoms with E-state index in [2.05, 4.69) is 19.9 Å². The molecule has 23 heteroatoms. The fourth-order valence-corrected chi connectivity index (χ4v) is 9.27. The predicted octanol–water partition coefficient (Wildman–Crippen LogP) is 12.0. The quantitative estimate of drug-likeness (QED) is 0.0304. The summed E-state index contributed by atoms with van der Waals surface area (Å²) in [6.45, 7) is -0.378. The minimum absolute atomic E-state index is 0.0121. The summed E-state index contributed by atoms with van der Waals surface area (Å²) in [5, 5.41) is 18.1. The molecular formula is C62H42F8N8O7. The van der Waals surface area contributed by atoms with Gasteiger partial charge in [0.05, 0.1) is 70.0 Å². The fraction of sp³-hybridized carbons (Fsp3) is 0.161. The molecule has 0 radical (unpaired) electrons. The van der Waals surface area contributed by atoms with Crippen LogP contribution < -0.4 is 9.47 Å². The van der Waals surface area contributed by atoms with E-state index in [4.69, 9.17) is 34.2 Å². The molecule has 0 saturated heterocycles. The van der Waals surface area contributed by atoms with Gasteiger partial charge in [-0.05, 0) is 83.9 Å². The Balaban J connectivity index is 0.878. The van der Waals surface area contributed by atoms with E-state index in [0.29, 0.717) is 34.4 Å². The van der Waals surface area contributed by atoms with E-state index < -0.39 is 105 Å². The molecule has 6 aromatic carbocycles. The van der Waals surface area contributed by atoms with Crippen LogP contribution in [0.2, 0.25) is 0 Å². The first kappa shape index (κ1) is 57.9. The van der Waals surface area contributed by atoms with Gasteiger partial charge in [0, 0.05) is 74.5 Å². The molecule has 0 N–H and O–H groups in total. The number of ether oxygens (including phenoxy) is 5. The first-order chi connectivity index (χ1) is 41.0. The number of benzene rings is 6. The topological polar surface area (TPSA) is 189 Å². The molecular weight excluding hydrogens is 1120 g/mol. The van der Waals surface area contributed by atoms with Crippen LogP contribution in [0.1, 0.15) is 65.7 Å². The van der Waals surface area contributed by atoms with Gasteiger partial charge < -0.3 is 32.8 Å². The summed E-state index contributed by atoms with van der Waals surface area (Å²) in [6.07, 6.45) is -1.47. The zero-order valence-corrected chi connectivity index (χ0v) is 44.7. The number of aromatic nitrogens is 6. The van der Waals surface area contributed by atoms with E-state index >= 15 is 35.1 Å². The van der Waals surface area contributed by atoms with Gasteiger partial charge in [-0.25, -0.2) is 64.6 Å². The number of rotatable bonds is 20. The normalized spacial score (nSPS) is 11.2. The van der Waals surface area contributed by atoms with Crippen LogP contribution in [0.3, 0.4) is 0 Å². The number of carbonyl (C=O) groups is 2. The molecule has 0 aliphatic heterocycles. The molecule has 0 aliphatic rings. The van der Waals surface area contributed by atoms with Gasteiger partial charge in [-0.15, -0.1) is 0 Å². The van der Waals surface area contributed by atoms with Crippen LogP contribution in [0.4, 0.5) is 35.1 Å². The lowest BCUT2D eigenvalue weighted by Gasteiger charge is -2.13. The maximum Gasteiger partial charge on any atom is 0.346 e. The van der Waals surface area contributed by atoms with Crippen molar-refractivity contribution in [1.29, 1.82) is 10.5 Å². The van der Waals surface area contributed by atoms with Gasteiger partial charge in [0.1, 0.15) is 47.5 Å². The Labute approximate surface area is 477 Å². The van der Waals surface area contributed by atoms with E-state index in [0.717, 1.165) is 24.3 Å². The number of fused-ring (bicyclic) bond motifs is 2. The van der Waals surface area contributed by atoms with Crippen molar-refractivity contribution in [3.05, 3.63) is 224 Å². The van der Waals surface area contributed by atoms with Crippen LogP contribution in [0.25, 0.3) is 44.6 Å². The zero-order chi connectivity index (χ0) is 60.1. The minimum Gasteiger partial charge on any atom is -0.473 e. The Kier molecular flexibility index (Phi) is 17.0. The van der Waals surface area contributed by atoms with Gasteiger partial charge >= 0.3 is 11.9 Å². The van der Waals surface area contributed by atoms with Gasteiger partial charge in [-0.3, -0.25) is 0 Å². The van der Waals surface area contributed by atoms with Crippen molar-refractivity contribution >= 4 is 34.0 Å². The van der Waals surface area contributed by atoms with Gasteiger partial charge in [-0.2, -0.15) is 10.5 Å². The van der Waals surface area contributed by atoms with Crippen LogP contribution in [0.15, 0.2) is 121 Å². The number of methoxy groups -OCH3 is 2. The van der Waals surface area contributed by atoms with Gasteiger partial charge in [-0.1, -0.05) is 36.4 Å². The summed E-state index contributed by atoms with van der Waals surface area (Å²) >= 11 is 0. The highest BCUT2D eigenvalue weighted by Gasteiger charge is 2.28. The Bertz CT molecular complexity index is 4060. The molecule has 15 nitrogen and oxygen atoms in total. The number of nitriles is 2. The van der Waals surface area contributed by atoms with Crippen LogP contribution >= 0.6 is 0 Å². The predicted molar refractivity (Wildman–Crippen MR) is 289 cm³/mol. The minimum atomic E-state index is -1.59. The molecule has 85 heavy (non-hydrogen) atoms. The monoisotopic (exact) mass is 1160 g/mol. The standard InChI is InChI=1S/C62H42F8N8O7/c1-81-19-17-77-49-23-37(21-45(65)59(49)75-51(77)27-39-43(63)25-41(57(69)55(39)67)47-5-3-7-53(73-47)83-31-35-13-9-33(29-71)10-14-35)61(79)85-62(80)38-22-46(66)60-50(24-38)78(18-20-82-2)52(76-60)28-40-44(64)26-42(58(70)56(40)68)48-6-4-8-54(74-48)84-32-36-15-11-34(30-72)12-16-36/h3-16,21-26H,17-20,27-28,31-32H2,1-2H3. The Morgan fingerprint density at radius 3 is 1.27 bits per heavy atom. The Morgan fingerprint density at radius 1 is 0.494 bits per heavy atom. The lowest BCUT2D eigenvalue weighted by molar-refractivity contribution is 0.0397. The summed E-state index contributed by atoms with van der Waals surface area (Å²) in [4.78, 5) is 44.3. The van der Waals surface area contributed by atoms with E-state index in [1.807, 2.05) is 12.1 Å². The maximum absolute atomic E-state index is 16.0. The first-order valence-corrected chi connectivity index (χ1v) is 25.7. The summed E-state index contributed by atoms with van der Waals surface area (Å²) < 4.78 is 157. The van der Waals surface area contributed by atoms with Crippen molar-refractivity contribution in [3.8, 4) is 46.4 Å². The van der Waals surface area contributed by atoms with Crippen molar-refractivity contribution in [2.45, 2.75) is 39.1 Å². The van der Waals surface area contributed by atoms with Crippen LogP contribution in [-0.4, -0.2) is 68.4 Å². The second-order valence-corrected chi connectivity index (χ2v) is 19.0. The van der Waals surface area contributed by atoms with Gasteiger partial charge in [0.25, 0.3) is 0 Å². The summed E-state index contributed by atoms with van der Waals surface area (Å²) in [6, 6.07) is 30.6. The molecule has 0 amide bonds. The van der Waals surface area contributed by atoms with E-state index in [-0.39, 0.29) is 96.4 Å². The second kappa shape index (κ2) is 25.0. The molecule has 10 aromatic rings. The highest BCUT2D eigenvalue weighted by Crippen LogP contribution is 2.34. The molecule has 0 atom stereocenters. The molecule has 10 rings (SSSR count). The lowest BCUT2D eigenvalue weighted by Crippen LogP contribution is -2.15. The van der Waals surface area contributed by atoms with E-state index in [9.17, 15) is 9.59 Å². The number of carbonyl (C=O) groups excluding carboxylic acids is 2. The number of imidazole rings is 2. The van der Waals surface area contributed by atoms with Crippen molar-refractivity contribution in [2.24, 2.45) is 0 Å². The first-order valence-electron chi connectivity index (χ1n) is 25.7. The third kappa shape index (κ3) is 12.3. The SMILES string of the molecule is COCCn1c(Cc2c(F)cc(-c3cccc(OCc4ccc(C#N)cc4)n3)c(F)c2F)nc2c(F)cc(C(=O)OC(=O)c3cc(F)c4nc(Cc5c(F)cc(-c6cccc(OCc7ccc(C#N)cc7)n6)c(F)c5F)n(CCOC)c4c3)cc21. The molecule has 0 bridgehead atoms. The van der Waals surface area contributed by atoms with E-state index in [1.165, 1.54) is 59.8 Å². The Hall–Kier alpha value is -10.4. The third-order valence-corrected chi connectivity index (χ3v) is 13.6. The summed E-state index contributed by atoms with van der Waals surface area (Å²) in [7, 11) is 2.68. The van der Waals surface area contributed by atoms with Crippen LogP contribution in [0, 0.1) is 69.2 Å². The molecule has 0 unspecified atom stereocenters. The zero-order valence-electron chi connectivity index (χ0n) is 44.7. The highest BCUT2D eigenvalue weighted by molar-refractivity contribution is 6.05. The molecule has 0 aliphatic carbocycles. The lowest BCUT2D eigenvalue weighted by atomic mass is 10.0. The molecule has 4 aromatic heterocycles. The second-order valence-electron chi connectivity index (χ2n) is 19.0. The smallest absolute Gasteiger partial charge is 0.346 e. The summed E-state index contributed by atoms with van der Waals surface area (Å²) in [5.41, 5.74) is -2.81. The number of pyridine rings is 2. The largest absolute Gasteiger partial charge is 0.473 e. The fourth-order valence-electron chi connectivity index (χ4n) is 9.27. The average molecular weight is 1160 g/mol. The molecule has 0 saturated carbocycles. The van der Waals surface area contributed by atoms with Gasteiger partial charge in [0.2, 0.25) is 11.8 Å². The number of hydrogen-bond donors (Lipinski definition) is 0. The molecule has 0 fully saturated rings. The number of halogens is 8. The number of esters is 2. The van der Waals surface area contributed by atoms with Crippen molar-refractivity contribution in [3.63, 3.8) is 0 Å². The number of hydrogen-bond acceptors (Lipinski definition) is 13. The third-order valence-electron chi connectivity index (χ3n) is 13.6. The average Bonchev–Trinajstić information content (AvgIpc) is 2.27. The molecule has 0 spiro atoms. The van der Waals surface area contributed by atoms with Crippen molar-refractivity contribution in [2.75, 3.05) is 27.4 Å². The number of nitrogens with zero attached hydrogens (tertiary/aromatic N) is 8. The van der Waals surface area contributed by atoms with Crippen molar-refractivity contribution in [1.82, 2.24) is 29.1 Å². The van der Waals surface area contributed by atoms with Crippen molar-refractivity contribution < 1.29 is 68.4 Å². The maximum atomic E-state index is 16.0. The summed E-state index contributed by atoms with van der Waals surface area (Å²) in [5.74, 6) is -14.0. The molecule has 428 valence electrons. The Morgan fingerprint density at radius 2 is 0.894 bits per heavy atom. The van der Waals surface area contributed by atoms with Crippen LogP contribution in [0.5, 0.6) is 11.8 Å². The molecule has 4 heterocycles. The van der Waals surface area contributed by atoms with Crippen LogP contribution in [-0.2, 0) is 53.4 Å². The van der Waals surface area contributed by atoms with Gasteiger partial charge in [0.15, 0.2) is 34.9 Å².